The minimum absolute atomic E-state index is 0.501. The molecule has 1 fully saturated rings. The number of nitrogens with two attached hydrogens (primary N) is 1. The zero-order valence-electron chi connectivity index (χ0n) is 12.0. The van der Waals surface area contributed by atoms with Crippen molar-refractivity contribution >= 4 is 5.96 Å². The SMILES string of the molecule is Cc1c(CN=C(N)NC2CCCCCC2)cnn1C. The molecule has 0 bridgehead atoms. The van der Waals surface area contributed by atoms with E-state index in [4.69, 9.17) is 5.73 Å². The van der Waals surface area contributed by atoms with Crippen molar-refractivity contribution < 1.29 is 0 Å². The molecule has 0 aliphatic heterocycles. The van der Waals surface area contributed by atoms with E-state index in [1.165, 1.54) is 38.5 Å². The zero-order chi connectivity index (χ0) is 13.7. The molecule has 5 heteroatoms. The lowest BCUT2D eigenvalue weighted by atomic mass is 10.1. The summed E-state index contributed by atoms with van der Waals surface area (Å²) in [5.41, 5.74) is 8.25. The molecule has 0 amide bonds. The van der Waals surface area contributed by atoms with Gasteiger partial charge in [0.1, 0.15) is 0 Å². The van der Waals surface area contributed by atoms with E-state index < -0.39 is 0 Å². The molecule has 1 aliphatic rings. The lowest BCUT2D eigenvalue weighted by Gasteiger charge is -2.16. The fourth-order valence-electron chi connectivity index (χ4n) is 2.55. The van der Waals surface area contributed by atoms with Crippen LogP contribution in [0.5, 0.6) is 0 Å². The van der Waals surface area contributed by atoms with Crippen LogP contribution in [0.4, 0.5) is 0 Å². The molecule has 0 spiro atoms. The first-order valence-electron chi connectivity index (χ1n) is 7.20. The summed E-state index contributed by atoms with van der Waals surface area (Å²) in [6.07, 6.45) is 9.58. The smallest absolute Gasteiger partial charge is 0.189 e. The van der Waals surface area contributed by atoms with Crippen LogP contribution in [0, 0.1) is 6.92 Å². The molecule has 0 saturated heterocycles. The van der Waals surface area contributed by atoms with E-state index in [9.17, 15) is 0 Å². The zero-order valence-corrected chi connectivity index (χ0v) is 12.0. The van der Waals surface area contributed by atoms with Crippen LogP contribution in [0.15, 0.2) is 11.2 Å². The molecule has 0 aromatic carbocycles. The molecule has 1 aromatic rings. The van der Waals surface area contributed by atoms with Gasteiger partial charge in [-0.25, -0.2) is 4.99 Å². The molecular formula is C14H25N5. The van der Waals surface area contributed by atoms with Gasteiger partial charge in [0.05, 0.1) is 12.7 Å². The Morgan fingerprint density at radius 1 is 1.42 bits per heavy atom. The number of aromatic nitrogens is 2. The minimum Gasteiger partial charge on any atom is -0.370 e. The van der Waals surface area contributed by atoms with Crippen molar-refractivity contribution in [2.75, 3.05) is 0 Å². The summed E-state index contributed by atoms with van der Waals surface area (Å²) in [5, 5.41) is 7.56. The fourth-order valence-corrected chi connectivity index (χ4v) is 2.55. The second-order valence-electron chi connectivity index (χ2n) is 5.41. The van der Waals surface area contributed by atoms with Crippen molar-refractivity contribution in [1.29, 1.82) is 0 Å². The van der Waals surface area contributed by atoms with E-state index in [2.05, 4.69) is 15.4 Å². The van der Waals surface area contributed by atoms with Crippen LogP contribution in [0.1, 0.15) is 49.8 Å². The summed E-state index contributed by atoms with van der Waals surface area (Å²) < 4.78 is 1.86. The van der Waals surface area contributed by atoms with E-state index >= 15 is 0 Å². The maximum Gasteiger partial charge on any atom is 0.189 e. The Kier molecular flexibility index (Phi) is 4.82. The van der Waals surface area contributed by atoms with Gasteiger partial charge in [-0.05, 0) is 19.8 Å². The number of nitrogens with one attached hydrogen (secondary N) is 1. The minimum atomic E-state index is 0.501. The van der Waals surface area contributed by atoms with Crippen LogP contribution in [-0.4, -0.2) is 21.8 Å². The number of rotatable bonds is 3. The molecular weight excluding hydrogens is 238 g/mol. The number of hydrogen-bond acceptors (Lipinski definition) is 2. The normalized spacial score (nSPS) is 18.3. The third-order valence-electron chi connectivity index (χ3n) is 3.96. The maximum atomic E-state index is 5.97. The summed E-state index contributed by atoms with van der Waals surface area (Å²) in [6.45, 7) is 2.65. The summed E-state index contributed by atoms with van der Waals surface area (Å²) in [6, 6.07) is 0.501. The standard InChI is InChI=1S/C14H25N5/c1-11-12(10-17-19(11)2)9-16-14(15)18-13-7-5-3-4-6-8-13/h10,13H,3-9H2,1-2H3,(H3,15,16,18). The molecule has 0 atom stereocenters. The van der Waals surface area contributed by atoms with E-state index in [0.717, 1.165) is 11.3 Å². The Morgan fingerprint density at radius 2 is 2.11 bits per heavy atom. The molecule has 1 aromatic heterocycles. The second-order valence-corrected chi connectivity index (χ2v) is 5.41. The van der Waals surface area contributed by atoms with Gasteiger partial charge in [0.25, 0.3) is 0 Å². The third-order valence-corrected chi connectivity index (χ3v) is 3.96. The summed E-state index contributed by atoms with van der Waals surface area (Å²) >= 11 is 0. The summed E-state index contributed by atoms with van der Waals surface area (Å²) in [4.78, 5) is 4.42. The number of aliphatic imine (C=N–C) groups is 1. The quantitative estimate of drug-likeness (QED) is 0.497. The van der Waals surface area contributed by atoms with Gasteiger partial charge in [0, 0.05) is 24.3 Å². The van der Waals surface area contributed by atoms with E-state index in [1.807, 2.05) is 24.9 Å². The number of hydrogen-bond donors (Lipinski definition) is 2. The highest BCUT2D eigenvalue weighted by molar-refractivity contribution is 5.78. The Hall–Kier alpha value is -1.52. The van der Waals surface area contributed by atoms with Gasteiger partial charge in [-0.1, -0.05) is 25.7 Å². The predicted molar refractivity (Wildman–Crippen MR) is 77.9 cm³/mol. The predicted octanol–water partition coefficient (Wildman–Crippen LogP) is 1.86. The van der Waals surface area contributed by atoms with Gasteiger partial charge in [0.15, 0.2) is 5.96 Å². The fraction of sp³-hybridized carbons (Fsp3) is 0.714. The molecule has 1 aliphatic carbocycles. The van der Waals surface area contributed by atoms with Gasteiger partial charge >= 0.3 is 0 Å². The van der Waals surface area contributed by atoms with Crippen LogP contribution in [0.3, 0.4) is 0 Å². The van der Waals surface area contributed by atoms with E-state index in [0.29, 0.717) is 18.5 Å². The van der Waals surface area contributed by atoms with Gasteiger partial charge in [-0.2, -0.15) is 5.10 Å². The Morgan fingerprint density at radius 3 is 2.68 bits per heavy atom. The first-order chi connectivity index (χ1) is 9.16. The van der Waals surface area contributed by atoms with E-state index in [1.54, 1.807) is 0 Å². The molecule has 106 valence electrons. The average Bonchev–Trinajstić information content (AvgIpc) is 2.60. The molecule has 5 nitrogen and oxygen atoms in total. The largest absolute Gasteiger partial charge is 0.370 e. The average molecular weight is 263 g/mol. The Labute approximate surface area is 115 Å². The van der Waals surface area contributed by atoms with Gasteiger partial charge in [-0.3, -0.25) is 4.68 Å². The lowest BCUT2D eigenvalue weighted by molar-refractivity contribution is 0.530. The van der Waals surface area contributed by atoms with Crippen molar-refractivity contribution in [3.8, 4) is 0 Å². The van der Waals surface area contributed by atoms with Crippen LogP contribution >= 0.6 is 0 Å². The van der Waals surface area contributed by atoms with Crippen molar-refractivity contribution in [2.24, 2.45) is 17.8 Å². The Balaban J connectivity index is 1.86. The van der Waals surface area contributed by atoms with Gasteiger partial charge in [0.2, 0.25) is 0 Å². The summed E-state index contributed by atoms with van der Waals surface area (Å²) in [5.74, 6) is 0.565. The second kappa shape index (κ2) is 6.59. The van der Waals surface area contributed by atoms with Crippen LogP contribution < -0.4 is 11.1 Å². The molecule has 1 heterocycles. The van der Waals surface area contributed by atoms with Crippen LogP contribution in [-0.2, 0) is 13.6 Å². The highest BCUT2D eigenvalue weighted by Gasteiger charge is 2.12. The highest BCUT2D eigenvalue weighted by atomic mass is 15.3. The Bertz CT molecular complexity index is 427. The van der Waals surface area contributed by atoms with Crippen molar-refractivity contribution in [3.05, 3.63) is 17.5 Å². The van der Waals surface area contributed by atoms with Crippen LogP contribution in [0.25, 0.3) is 0 Å². The molecule has 2 rings (SSSR count). The van der Waals surface area contributed by atoms with Crippen molar-refractivity contribution in [3.63, 3.8) is 0 Å². The monoisotopic (exact) mass is 263 g/mol. The molecule has 0 radical (unpaired) electrons. The van der Waals surface area contributed by atoms with Gasteiger partial charge in [-0.15, -0.1) is 0 Å². The number of guanidine groups is 1. The topological polar surface area (TPSA) is 68.2 Å². The molecule has 1 saturated carbocycles. The first-order valence-corrected chi connectivity index (χ1v) is 7.20. The first kappa shape index (κ1) is 13.9. The molecule has 19 heavy (non-hydrogen) atoms. The third kappa shape index (κ3) is 3.98. The van der Waals surface area contributed by atoms with E-state index in [-0.39, 0.29) is 0 Å². The lowest BCUT2D eigenvalue weighted by Crippen LogP contribution is -2.39. The van der Waals surface area contributed by atoms with Crippen molar-refractivity contribution in [1.82, 2.24) is 15.1 Å². The molecule has 3 N–H and O–H groups in total. The number of aryl methyl sites for hydroxylation is 1. The molecule has 0 unspecified atom stereocenters. The van der Waals surface area contributed by atoms with Crippen LogP contribution in [0.2, 0.25) is 0 Å². The van der Waals surface area contributed by atoms with Crippen molar-refractivity contribution in [2.45, 2.75) is 58.0 Å². The highest BCUT2D eigenvalue weighted by Crippen LogP contribution is 2.17. The number of nitrogens with zero attached hydrogens (tertiary/aromatic N) is 3. The maximum absolute atomic E-state index is 5.97. The van der Waals surface area contributed by atoms with Gasteiger partial charge < -0.3 is 11.1 Å². The summed E-state index contributed by atoms with van der Waals surface area (Å²) in [7, 11) is 1.94.